The van der Waals surface area contributed by atoms with Crippen molar-refractivity contribution in [2.24, 2.45) is 10.3 Å². The second-order valence-electron chi connectivity index (χ2n) is 5.64. The first-order valence-electron chi connectivity index (χ1n) is 8.31. The van der Waals surface area contributed by atoms with Crippen LogP contribution in [0.15, 0.2) is 59.7 Å². The lowest BCUT2D eigenvalue weighted by Crippen LogP contribution is -2.36. The van der Waals surface area contributed by atoms with E-state index in [0.717, 1.165) is 17.1 Å². The van der Waals surface area contributed by atoms with Crippen LogP contribution >= 0.6 is 0 Å². The number of non-ortho nitro benzene ring substituents is 1. The van der Waals surface area contributed by atoms with Crippen LogP contribution < -0.4 is 10.5 Å². The van der Waals surface area contributed by atoms with Crippen LogP contribution in [-0.2, 0) is 12.8 Å². The van der Waals surface area contributed by atoms with E-state index < -0.39 is 4.92 Å². The van der Waals surface area contributed by atoms with Crippen molar-refractivity contribution in [2.45, 2.75) is 12.8 Å². The molecule has 0 bridgehead atoms. The Morgan fingerprint density at radius 2 is 1.74 bits per heavy atom. The third-order valence-corrected chi connectivity index (χ3v) is 3.80. The topological polar surface area (TPSA) is 140 Å². The number of nitrogens with zero attached hydrogens (tertiary/aromatic N) is 6. The Hall–Kier alpha value is -3.76. The predicted molar refractivity (Wildman–Crippen MR) is 97.9 cm³/mol. The fourth-order valence-corrected chi connectivity index (χ4v) is 2.37. The van der Waals surface area contributed by atoms with Gasteiger partial charge in [0.25, 0.3) is 5.69 Å². The first-order valence-corrected chi connectivity index (χ1v) is 8.31. The highest BCUT2D eigenvalue weighted by Gasteiger charge is 2.10. The summed E-state index contributed by atoms with van der Waals surface area (Å²) in [6.07, 6.45) is 8.13. The maximum absolute atomic E-state index is 10.8. The highest BCUT2D eigenvalue weighted by Crippen LogP contribution is 2.18. The van der Waals surface area contributed by atoms with Crippen molar-refractivity contribution >= 4 is 11.4 Å². The van der Waals surface area contributed by atoms with Gasteiger partial charge in [-0.25, -0.2) is 9.97 Å². The SMILES string of the molecule is O=[N+]([O-])c1ccc(N(CCc2cnc[nH]2)NN=NCCc2cnc[nH]2)cc1. The Labute approximate surface area is 154 Å². The Bertz CT molecular complexity index is 845. The highest BCUT2D eigenvalue weighted by atomic mass is 16.6. The summed E-state index contributed by atoms with van der Waals surface area (Å²) in [5.74, 6) is 0. The number of aromatic nitrogens is 4. The normalized spacial score (nSPS) is 11.0. The zero-order valence-electron chi connectivity index (χ0n) is 14.4. The van der Waals surface area contributed by atoms with Crippen LogP contribution in [0.1, 0.15) is 11.4 Å². The van der Waals surface area contributed by atoms with Crippen LogP contribution in [0.5, 0.6) is 0 Å². The van der Waals surface area contributed by atoms with Gasteiger partial charge in [0.15, 0.2) is 0 Å². The molecule has 2 heterocycles. The summed E-state index contributed by atoms with van der Waals surface area (Å²) in [6.45, 7) is 1.07. The largest absolute Gasteiger partial charge is 0.348 e. The van der Waals surface area contributed by atoms with E-state index in [0.29, 0.717) is 25.9 Å². The van der Waals surface area contributed by atoms with E-state index in [1.807, 2.05) is 0 Å². The van der Waals surface area contributed by atoms with Crippen molar-refractivity contribution in [1.29, 1.82) is 0 Å². The molecule has 3 N–H and O–H groups in total. The number of nitro benzene ring substituents is 1. The van der Waals surface area contributed by atoms with Gasteiger partial charge >= 0.3 is 0 Å². The molecule has 0 amide bonds. The minimum absolute atomic E-state index is 0.0356. The number of nitro groups is 1. The first-order chi connectivity index (χ1) is 13.2. The van der Waals surface area contributed by atoms with E-state index in [1.165, 1.54) is 12.1 Å². The molecular formula is C16H19N9O2. The molecule has 0 saturated heterocycles. The molecule has 11 heteroatoms. The van der Waals surface area contributed by atoms with E-state index in [9.17, 15) is 10.1 Å². The molecule has 3 aromatic rings. The molecule has 27 heavy (non-hydrogen) atoms. The minimum Gasteiger partial charge on any atom is -0.348 e. The number of rotatable bonds is 10. The molecule has 0 atom stereocenters. The summed E-state index contributed by atoms with van der Waals surface area (Å²) >= 11 is 0. The van der Waals surface area contributed by atoms with Crippen LogP contribution in [0.3, 0.4) is 0 Å². The molecule has 0 saturated carbocycles. The second-order valence-corrected chi connectivity index (χ2v) is 5.64. The molecule has 3 rings (SSSR count). The Kier molecular flexibility index (Phi) is 6.07. The molecule has 2 aromatic heterocycles. The van der Waals surface area contributed by atoms with Crippen LogP contribution in [0.25, 0.3) is 0 Å². The Morgan fingerprint density at radius 3 is 2.33 bits per heavy atom. The molecule has 140 valence electrons. The van der Waals surface area contributed by atoms with Gasteiger partial charge in [-0.1, -0.05) is 5.22 Å². The van der Waals surface area contributed by atoms with E-state index in [-0.39, 0.29) is 5.69 Å². The maximum Gasteiger partial charge on any atom is 0.269 e. The van der Waals surface area contributed by atoms with Gasteiger partial charge in [-0.3, -0.25) is 15.1 Å². The van der Waals surface area contributed by atoms with Crippen LogP contribution in [0, 0.1) is 10.1 Å². The molecule has 0 aliphatic rings. The van der Waals surface area contributed by atoms with Gasteiger partial charge in [-0.05, 0) is 12.1 Å². The predicted octanol–water partition coefficient (Wildman–Crippen LogP) is 2.20. The van der Waals surface area contributed by atoms with Gasteiger partial charge in [0.2, 0.25) is 0 Å². The van der Waals surface area contributed by atoms with E-state index in [2.05, 4.69) is 35.8 Å². The van der Waals surface area contributed by atoms with Gasteiger partial charge in [-0.15, -0.1) is 0 Å². The number of nitrogens with one attached hydrogen (secondary N) is 3. The van der Waals surface area contributed by atoms with Crippen LogP contribution in [0.2, 0.25) is 0 Å². The number of anilines is 1. The van der Waals surface area contributed by atoms with Crippen LogP contribution in [-0.4, -0.2) is 37.9 Å². The first kappa shape index (κ1) is 18.0. The van der Waals surface area contributed by atoms with E-state index in [4.69, 9.17) is 0 Å². The quantitative estimate of drug-likeness (QED) is 0.284. The molecule has 0 unspecified atom stereocenters. The number of hydrazine groups is 1. The van der Waals surface area contributed by atoms with Crippen molar-refractivity contribution < 1.29 is 4.92 Å². The van der Waals surface area contributed by atoms with E-state index >= 15 is 0 Å². The average molecular weight is 369 g/mol. The lowest BCUT2D eigenvalue weighted by atomic mass is 10.2. The van der Waals surface area contributed by atoms with Crippen molar-refractivity contribution in [3.05, 3.63) is 70.8 Å². The van der Waals surface area contributed by atoms with Crippen molar-refractivity contribution in [2.75, 3.05) is 18.1 Å². The average Bonchev–Trinajstić information content (AvgIpc) is 3.38. The molecule has 11 nitrogen and oxygen atoms in total. The lowest BCUT2D eigenvalue weighted by Gasteiger charge is -2.22. The van der Waals surface area contributed by atoms with Crippen LogP contribution in [0.4, 0.5) is 11.4 Å². The zero-order chi connectivity index (χ0) is 18.9. The number of aromatic amines is 2. The van der Waals surface area contributed by atoms with Gasteiger partial charge < -0.3 is 9.97 Å². The number of imidazole rings is 2. The molecule has 0 aliphatic carbocycles. The Balaban J connectivity index is 1.60. The standard InChI is InChI=1S/C16H19N9O2/c26-25(27)16-3-1-15(2-4-16)24(8-6-14-10-18-12-20-14)23-22-21-7-5-13-9-17-11-19-13/h1-4,9-12H,5-8H2,(H,17,19)(H,18,20)(H,21,23). The number of hydrogen-bond donors (Lipinski definition) is 3. The third-order valence-electron chi connectivity index (χ3n) is 3.80. The smallest absolute Gasteiger partial charge is 0.269 e. The fourth-order valence-electron chi connectivity index (χ4n) is 2.37. The molecule has 0 radical (unpaired) electrons. The highest BCUT2D eigenvalue weighted by molar-refractivity contribution is 5.50. The maximum atomic E-state index is 10.8. The third kappa shape index (κ3) is 5.36. The van der Waals surface area contributed by atoms with E-state index in [1.54, 1.807) is 42.2 Å². The minimum atomic E-state index is -0.429. The van der Waals surface area contributed by atoms with Gasteiger partial charge in [-0.2, -0.15) is 10.6 Å². The van der Waals surface area contributed by atoms with Crippen molar-refractivity contribution in [1.82, 2.24) is 25.5 Å². The van der Waals surface area contributed by atoms with Gasteiger partial charge in [0.1, 0.15) is 0 Å². The van der Waals surface area contributed by atoms with Gasteiger partial charge in [0, 0.05) is 55.3 Å². The summed E-state index contributed by atoms with van der Waals surface area (Å²) in [5, 5.41) is 20.7. The molecule has 0 aliphatic heterocycles. The fraction of sp³-hybridized carbons (Fsp3) is 0.250. The summed E-state index contributed by atoms with van der Waals surface area (Å²) < 4.78 is 0. The molecule has 0 fully saturated rings. The summed E-state index contributed by atoms with van der Waals surface area (Å²) in [4.78, 5) is 24.4. The summed E-state index contributed by atoms with van der Waals surface area (Å²) in [6, 6.07) is 6.24. The van der Waals surface area contributed by atoms with Gasteiger partial charge in [0.05, 0.1) is 29.8 Å². The second kappa shape index (κ2) is 9.08. The summed E-state index contributed by atoms with van der Waals surface area (Å²) in [7, 11) is 0. The van der Waals surface area contributed by atoms with Crippen molar-refractivity contribution in [3.63, 3.8) is 0 Å². The monoisotopic (exact) mass is 369 g/mol. The molecule has 1 aromatic carbocycles. The zero-order valence-corrected chi connectivity index (χ0v) is 14.4. The summed E-state index contributed by atoms with van der Waals surface area (Å²) in [5.41, 5.74) is 5.63. The molecular weight excluding hydrogens is 350 g/mol. The van der Waals surface area contributed by atoms with Crippen molar-refractivity contribution in [3.8, 4) is 0 Å². The number of H-pyrrole nitrogens is 2. The number of benzene rings is 1. The number of hydrogen-bond acceptors (Lipinski definition) is 7. The molecule has 0 spiro atoms. The lowest BCUT2D eigenvalue weighted by molar-refractivity contribution is -0.384. The Morgan fingerprint density at radius 1 is 1.07 bits per heavy atom.